The minimum Gasteiger partial charge on any atom is -0.490 e. The standard InChI is InChI=1S/C12H13FO3/c1-9(4-2-7-12(14)15)16-11-6-3-5-10(13)8-11/h2-3,5-9H,4H2,1H3,(H,14,15)/b7-2+. The predicted octanol–water partition coefficient (Wildman–Crippen LogP) is 2.62. The number of hydrogen-bond donors (Lipinski definition) is 1. The predicted molar refractivity (Wildman–Crippen MR) is 57.9 cm³/mol. The van der Waals surface area contributed by atoms with E-state index in [2.05, 4.69) is 0 Å². The molecular formula is C12H13FO3. The lowest BCUT2D eigenvalue weighted by atomic mass is 10.2. The number of halogens is 1. The minimum absolute atomic E-state index is 0.197. The highest BCUT2D eigenvalue weighted by molar-refractivity contribution is 5.79. The van der Waals surface area contributed by atoms with Crippen LogP contribution in [0, 0.1) is 5.82 Å². The van der Waals surface area contributed by atoms with E-state index >= 15 is 0 Å². The van der Waals surface area contributed by atoms with Crippen molar-refractivity contribution in [3.8, 4) is 5.75 Å². The lowest BCUT2D eigenvalue weighted by Crippen LogP contribution is -2.10. The van der Waals surface area contributed by atoms with Gasteiger partial charge in [0.05, 0.1) is 6.10 Å². The van der Waals surface area contributed by atoms with Crippen LogP contribution in [0.15, 0.2) is 36.4 Å². The summed E-state index contributed by atoms with van der Waals surface area (Å²) in [5, 5.41) is 8.38. The van der Waals surface area contributed by atoms with Crippen LogP contribution in [0.5, 0.6) is 5.75 Å². The third-order valence-corrected chi connectivity index (χ3v) is 1.86. The molecule has 0 aliphatic rings. The van der Waals surface area contributed by atoms with Crippen molar-refractivity contribution < 1.29 is 19.0 Å². The van der Waals surface area contributed by atoms with Crippen LogP contribution in [-0.2, 0) is 4.79 Å². The molecule has 0 amide bonds. The minimum atomic E-state index is -0.988. The van der Waals surface area contributed by atoms with E-state index in [0.717, 1.165) is 6.08 Å². The molecule has 1 atom stereocenters. The molecule has 16 heavy (non-hydrogen) atoms. The Bertz CT molecular complexity index is 388. The molecule has 3 nitrogen and oxygen atoms in total. The van der Waals surface area contributed by atoms with Crippen LogP contribution in [0.2, 0.25) is 0 Å². The summed E-state index contributed by atoms with van der Waals surface area (Å²) < 4.78 is 18.2. The van der Waals surface area contributed by atoms with E-state index < -0.39 is 5.97 Å². The van der Waals surface area contributed by atoms with E-state index in [1.807, 2.05) is 0 Å². The van der Waals surface area contributed by atoms with Crippen molar-refractivity contribution >= 4 is 5.97 Å². The number of ether oxygens (including phenoxy) is 1. The maximum Gasteiger partial charge on any atom is 0.327 e. The summed E-state index contributed by atoms with van der Waals surface area (Å²) >= 11 is 0. The zero-order chi connectivity index (χ0) is 12.0. The van der Waals surface area contributed by atoms with Gasteiger partial charge in [-0.25, -0.2) is 9.18 Å². The highest BCUT2D eigenvalue weighted by atomic mass is 19.1. The molecule has 0 fully saturated rings. The lowest BCUT2D eigenvalue weighted by molar-refractivity contribution is -0.131. The summed E-state index contributed by atoms with van der Waals surface area (Å²) in [4.78, 5) is 10.2. The molecule has 0 aliphatic heterocycles. The number of carboxylic acids is 1. The summed E-state index contributed by atoms with van der Waals surface area (Å²) in [7, 11) is 0. The summed E-state index contributed by atoms with van der Waals surface area (Å²) in [5.41, 5.74) is 0. The van der Waals surface area contributed by atoms with Crippen molar-refractivity contribution in [3.63, 3.8) is 0 Å². The first-order valence-corrected chi connectivity index (χ1v) is 4.89. The van der Waals surface area contributed by atoms with Gasteiger partial charge in [-0.3, -0.25) is 0 Å². The van der Waals surface area contributed by atoms with Gasteiger partial charge in [0.15, 0.2) is 0 Å². The zero-order valence-corrected chi connectivity index (χ0v) is 8.89. The van der Waals surface area contributed by atoms with Crippen LogP contribution < -0.4 is 4.74 Å². The molecule has 1 N–H and O–H groups in total. The summed E-state index contributed by atoms with van der Waals surface area (Å²) in [6, 6.07) is 5.84. The van der Waals surface area contributed by atoms with Crippen LogP contribution in [0.4, 0.5) is 4.39 Å². The topological polar surface area (TPSA) is 46.5 Å². The molecular weight excluding hydrogens is 211 g/mol. The van der Waals surface area contributed by atoms with Crippen LogP contribution >= 0.6 is 0 Å². The first kappa shape index (κ1) is 12.2. The molecule has 0 aliphatic carbocycles. The Labute approximate surface area is 93.2 Å². The maximum absolute atomic E-state index is 12.8. The quantitative estimate of drug-likeness (QED) is 0.782. The summed E-state index contributed by atoms with van der Waals surface area (Å²) in [6.07, 6.45) is 2.83. The average Bonchev–Trinajstić information content (AvgIpc) is 2.16. The van der Waals surface area contributed by atoms with Crippen LogP contribution in [-0.4, -0.2) is 17.2 Å². The van der Waals surface area contributed by atoms with E-state index in [1.54, 1.807) is 19.1 Å². The number of carbonyl (C=O) groups is 1. The zero-order valence-electron chi connectivity index (χ0n) is 8.89. The van der Waals surface area contributed by atoms with Crippen LogP contribution in [0.25, 0.3) is 0 Å². The van der Waals surface area contributed by atoms with Gasteiger partial charge < -0.3 is 9.84 Å². The second-order valence-corrected chi connectivity index (χ2v) is 3.36. The van der Waals surface area contributed by atoms with Gasteiger partial charge in [0.2, 0.25) is 0 Å². The maximum atomic E-state index is 12.8. The van der Waals surface area contributed by atoms with E-state index in [0.29, 0.717) is 12.2 Å². The van der Waals surface area contributed by atoms with Crippen molar-refractivity contribution in [2.45, 2.75) is 19.4 Å². The van der Waals surface area contributed by atoms with Crippen molar-refractivity contribution in [3.05, 3.63) is 42.2 Å². The van der Waals surface area contributed by atoms with Crippen molar-refractivity contribution in [1.29, 1.82) is 0 Å². The smallest absolute Gasteiger partial charge is 0.327 e. The van der Waals surface area contributed by atoms with Crippen LogP contribution in [0.1, 0.15) is 13.3 Å². The third-order valence-electron chi connectivity index (χ3n) is 1.86. The van der Waals surface area contributed by atoms with Gasteiger partial charge in [-0.2, -0.15) is 0 Å². The number of benzene rings is 1. The Morgan fingerprint density at radius 2 is 2.38 bits per heavy atom. The molecule has 0 aromatic heterocycles. The molecule has 0 radical (unpaired) electrons. The van der Waals surface area contributed by atoms with Crippen LogP contribution in [0.3, 0.4) is 0 Å². The SMILES string of the molecule is CC(C/C=C/C(=O)O)Oc1cccc(F)c1. The van der Waals surface area contributed by atoms with Gasteiger partial charge in [0.25, 0.3) is 0 Å². The molecule has 0 spiro atoms. The Morgan fingerprint density at radius 3 is 3.00 bits per heavy atom. The number of hydrogen-bond acceptors (Lipinski definition) is 2. The Kier molecular flexibility index (Phi) is 4.51. The van der Waals surface area contributed by atoms with Crippen molar-refractivity contribution in [2.75, 3.05) is 0 Å². The normalized spacial score (nSPS) is 12.6. The van der Waals surface area contributed by atoms with Crippen molar-refractivity contribution in [1.82, 2.24) is 0 Å². The number of rotatable bonds is 5. The molecule has 1 rings (SSSR count). The van der Waals surface area contributed by atoms with E-state index in [9.17, 15) is 9.18 Å². The van der Waals surface area contributed by atoms with E-state index in [1.165, 1.54) is 18.2 Å². The second kappa shape index (κ2) is 5.90. The first-order chi connectivity index (χ1) is 7.58. The second-order valence-electron chi connectivity index (χ2n) is 3.36. The van der Waals surface area contributed by atoms with Gasteiger partial charge in [-0.1, -0.05) is 12.1 Å². The Hall–Kier alpha value is -1.84. The molecule has 4 heteroatoms. The summed E-state index contributed by atoms with van der Waals surface area (Å²) in [6.45, 7) is 1.79. The molecule has 0 saturated heterocycles. The number of carboxylic acid groups (broad SMARTS) is 1. The lowest BCUT2D eigenvalue weighted by Gasteiger charge is -2.12. The largest absolute Gasteiger partial charge is 0.490 e. The molecule has 1 unspecified atom stereocenters. The fraction of sp³-hybridized carbons (Fsp3) is 0.250. The first-order valence-electron chi connectivity index (χ1n) is 4.89. The van der Waals surface area contributed by atoms with Crippen molar-refractivity contribution in [2.24, 2.45) is 0 Å². The Morgan fingerprint density at radius 1 is 1.62 bits per heavy atom. The van der Waals surface area contributed by atoms with Gasteiger partial charge in [-0.15, -0.1) is 0 Å². The molecule has 0 saturated carbocycles. The molecule has 1 aromatic rings. The fourth-order valence-corrected chi connectivity index (χ4v) is 1.18. The van der Waals surface area contributed by atoms with Gasteiger partial charge in [-0.05, 0) is 19.1 Å². The van der Waals surface area contributed by atoms with Gasteiger partial charge >= 0.3 is 5.97 Å². The monoisotopic (exact) mass is 224 g/mol. The Balaban J connectivity index is 2.45. The molecule has 0 bridgehead atoms. The average molecular weight is 224 g/mol. The van der Waals surface area contributed by atoms with Gasteiger partial charge in [0, 0.05) is 18.6 Å². The van der Waals surface area contributed by atoms with E-state index in [4.69, 9.17) is 9.84 Å². The third kappa shape index (κ3) is 4.59. The summed E-state index contributed by atoms with van der Waals surface area (Å²) in [5.74, 6) is -0.903. The molecule has 0 heterocycles. The number of aliphatic carboxylic acids is 1. The molecule has 1 aromatic carbocycles. The van der Waals surface area contributed by atoms with E-state index in [-0.39, 0.29) is 11.9 Å². The highest BCUT2D eigenvalue weighted by Gasteiger charge is 2.02. The molecule has 86 valence electrons. The fourth-order valence-electron chi connectivity index (χ4n) is 1.18. The van der Waals surface area contributed by atoms with Gasteiger partial charge in [0.1, 0.15) is 11.6 Å². The highest BCUT2D eigenvalue weighted by Crippen LogP contribution is 2.14.